The van der Waals surface area contributed by atoms with Crippen molar-refractivity contribution in [2.75, 3.05) is 0 Å². The van der Waals surface area contributed by atoms with E-state index in [1.165, 1.54) is 12.1 Å². The number of ketones is 1. The van der Waals surface area contributed by atoms with Crippen LogP contribution >= 0.6 is 0 Å². The van der Waals surface area contributed by atoms with Gasteiger partial charge >= 0.3 is 5.97 Å². The van der Waals surface area contributed by atoms with Crippen molar-refractivity contribution in [3.05, 3.63) is 48.1 Å². The summed E-state index contributed by atoms with van der Waals surface area (Å²) in [5.41, 5.74) is 0.126. The highest BCUT2D eigenvalue weighted by Crippen LogP contribution is 2.29. The van der Waals surface area contributed by atoms with Crippen molar-refractivity contribution in [2.45, 2.75) is 39.2 Å². The molecule has 0 aromatic heterocycles. The van der Waals surface area contributed by atoms with Gasteiger partial charge < -0.3 is 14.9 Å². The molecule has 0 heterocycles. The first-order chi connectivity index (χ1) is 10.9. The lowest BCUT2D eigenvalue weighted by atomic mass is 10.00. The van der Waals surface area contributed by atoms with E-state index in [1.807, 2.05) is 6.92 Å². The van der Waals surface area contributed by atoms with Gasteiger partial charge in [-0.1, -0.05) is 19.1 Å². The fraction of sp³-hybridized carbons (Fsp3) is 0.333. The van der Waals surface area contributed by atoms with Crippen molar-refractivity contribution in [1.29, 1.82) is 0 Å². The Morgan fingerprint density at radius 1 is 1.35 bits per heavy atom. The summed E-state index contributed by atoms with van der Waals surface area (Å²) < 4.78 is 5.22. The summed E-state index contributed by atoms with van der Waals surface area (Å²) in [5, 5.41) is 19.6. The number of benzene rings is 1. The van der Waals surface area contributed by atoms with Gasteiger partial charge in [0.1, 0.15) is 23.2 Å². The summed E-state index contributed by atoms with van der Waals surface area (Å²) in [4.78, 5) is 24.1. The molecule has 0 radical (unpaired) electrons. The van der Waals surface area contributed by atoms with Crippen LogP contribution in [-0.2, 0) is 16.0 Å². The van der Waals surface area contributed by atoms with Crippen LogP contribution in [0, 0.1) is 0 Å². The van der Waals surface area contributed by atoms with Crippen LogP contribution in [0.5, 0.6) is 11.5 Å². The summed E-state index contributed by atoms with van der Waals surface area (Å²) in [6.07, 6.45) is 5.40. The Labute approximate surface area is 135 Å². The quantitative estimate of drug-likeness (QED) is 0.436. The van der Waals surface area contributed by atoms with Crippen LogP contribution in [0.25, 0.3) is 0 Å². The molecule has 2 N–H and O–H groups in total. The lowest BCUT2D eigenvalue weighted by Crippen LogP contribution is -2.17. The van der Waals surface area contributed by atoms with Crippen molar-refractivity contribution in [1.82, 2.24) is 0 Å². The first-order valence-corrected chi connectivity index (χ1v) is 7.45. The topological polar surface area (TPSA) is 83.8 Å². The molecule has 23 heavy (non-hydrogen) atoms. The Hall–Kier alpha value is -2.56. The number of esters is 1. The van der Waals surface area contributed by atoms with Gasteiger partial charge in [0, 0.05) is 18.9 Å². The van der Waals surface area contributed by atoms with Gasteiger partial charge in [-0.05, 0) is 31.1 Å². The zero-order valence-corrected chi connectivity index (χ0v) is 13.4. The van der Waals surface area contributed by atoms with Crippen LogP contribution in [0.15, 0.2) is 36.9 Å². The maximum Gasteiger partial charge on any atom is 0.342 e. The second kappa shape index (κ2) is 8.78. The molecule has 0 bridgehead atoms. The largest absolute Gasteiger partial charge is 0.508 e. The van der Waals surface area contributed by atoms with Crippen LogP contribution in [0.4, 0.5) is 0 Å². The normalized spacial score (nSPS) is 12.1. The van der Waals surface area contributed by atoms with Crippen molar-refractivity contribution >= 4 is 11.8 Å². The van der Waals surface area contributed by atoms with E-state index < -0.39 is 17.8 Å². The molecular weight excluding hydrogens is 296 g/mol. The van der Waals surface area contributed by atoms with E-state index in [2.05, 4.69) is 6.58 Å². The molecule has 124 valence electrons. The van der Waals surface area contributed by atoms with E-state index in [0.29, 0.717) is 12.8 Å². The Morgan fingerprint density at radius 2 is 2.04 bits per heavy atom. The first kappa shape index (κ1) is 18.5. The Morgan fingerprint density at radius 3 is 2.65 bits per heavy atom. The van der Waals surface area contributed by atoms with E-state index in [1.54, 1.807) is 19.1 Å². The SMILES string of the molecule is C=CCC(C)OC(=O)c1c(O)cc(O)cc1CC(=O)/C=C/CC. The highest BCUT2D eigenvalue weighted by molar-refractivity contribution is 5.98. The predicted octanol–water partition coefficient (Wildman–Crippen LogP) is 3.30. The number of phenolic OH excluding ortho intramolecular Hbond substituents is 2. The van der Waals surface area contributed by atoms with Gasteiger partial charge in [0.2, 0.25) is 0 Å². The number of phenols is 2. The van der Waals surface area contributed by atoms with Gasteiger partial charge in [0.05, 0.1) is 0 Å². The molecule has 0 saturated heterocycles. The molecular formula is C18H22O5. The first-order valence-electron chi connectivity index (χ1n) is 7.45. The fourth-order valence-electron chi connectivity index (χ4n) is 2.06. The highest BCUT2D eigenvalue weighted by atomic mass is 16.5. The second-order valence-electron chi connectivity index (χ2n) is 5.19. The predicted molar refractivity (Wildman–Crippen MR) is 87.6 cm³/mol. The molecule has 5 heteroatoms. The summed E-state index contributed by atoms with van der Waals surface area (Å²) in [7, 11) is 0. The number of allylic oxidation sites excluding steroid dienone is 2. The van der Waals surface area contributed by atoms with E-state index in [-0.39, 0.29) is 29.1 Å². The minimum absolute atomic E-state index is 0.100. The van der Waals surface area contributed by atoms with E-state index in [9.17, 15) is 19.8 Å². The van der Waals surface area contributed by atoms with Gasteiger partial charge in [0.15, 0.2) is 5.78 Å². The summed E-state index contributed by atoms with van der Waals surface area (Å²) in [6, 6.07) is 2.33. The second-order valence-corrected chi connectivity index (χ2v) is 5.19. The maximum atomic E-state index is 12.3. The van der Waals surface area contributed by atoms with Crippen molar-refractivity contribution in [3.8, 4) is 11.5 Å². The third-order valence-corrected chi connectivity index (χ3v) is 3.10. The Balaban J connectivity index is 3.09. The van der Waals surface area contributed by atoms with Gasteiger partial charge in [-0.2, -0.15) is 0 Å². The molecule has 0 aliphatic carbocycles. The van der Waals surface area contributed by atoms with Crippen LogP contribution in [-0.4, -0.2) is 28.1 Å². The van der Waals surface area contributed by atoms with Crippen molar-refractivity contribution < 1.29 is 24.5 Å². The summed E-state index contributed by atoms with van der Waals surface area (Å²) in [6.45, 7) is 7.17. The number of ether oxygens (including phenoxy) is 1. The molecule has 1 rings (SSSR count). The molecule has 1 aromatic carbocycles. The Bertz CT molecular complexity index is 616. The number of aromatic hydroxyl groups is 2. The van der Waals surface area contributed by atoms with Crippen molar-refractivity contribution in [3.63, 3.8) is 0 Å². The third kappa shape index (κ3) is 5.62. The zero-order valence-electron chi connectivity index (χ0n) is 13.4. The molecule has 0 saturated carbocycles. The van der Waals surface area contributed by atoms with Gasteiger partial charge in [-0.3, -0.25) is 4.79 Å². The molecule has 0 fully saturated rings. The molecule has 5 nitrogen and oxygen atoms in total. The van der Waals surface area contributed by atoms with Crippen LogP contribution in [0.1, 0.15) is 42.6 Å². The number of carbonyl (C=O) groups excluding carboxylic acids is 2. The standard InChI is InChI=1S/C18H22O5/c1-4-6-8-14(19)9-13-10-15(20)11-16(21)17(13)18(22)23-12(3)7-5-2/h5-6,8,10-12,20-21H,2,4,7,9H2,1,3H3/b8-6+. The van der Waals surface area contributed by atoms with Gasteiger partial charge in [-0.15, -0.1) is 6.58 Å². The highest BCUT2D eigenvalue weighted by Gasteiger charge is 2.22. The summed E-state index contributed by atoms with van der Waals surface area (Å²) >= 11 is 0. The van der Waals surface area contributed by atoms with E-state index in [4.69, 9.17) is 4.74 Å². The molecule has 0 amide bonds. The molecule has 1 aromatic rings. The fourth-order valence-corrected chi connectivity index (χ4v) is 2.06. The van der Waals surface area contributed by atoms with Crippen LogP contribution in [0.2, 0.25) is 0 Å². The van der Waals surface area contributed by atoms with Crippen LogP contribution < -0.4 is 0 Å². The van der Waals surface area contributed by atoms with Crippen molar-refractivity contribution in [2.24, 2.45) is 0 Å². The zero-order chi connectivity index (χ0) is 17.4. The minimum Gasteiger partial charge on any atom is -0.508 e. The van der Waals surface area contributed by atoms with E-state index >= 15 is 0 Å². The third-order valence-electron chi connectivity index (χ3n) is 3.10. The number of carbonyl (C=O) groups is 2. The van der Waals surface area contributed by atoms with Crippen LogP contribution in [0.3, 0.4) is 0 Å². The van der Waals surface area contributed by atoms with Gasteiger partial charge in [-0.25, -0.2) is 4.79 Å². The lowest BCUT2D eigenvalue weighted by Gasteiger charge is -2.14. The molecule has 0 aliphatic heterocycles. The molecule has 1 atom stereocenters. The molecule has 0 spiro atoms. The smallest absolute Gasteiger partial charge is 0.342 e. The molecule has 0 aliphatic rings. The summed E-state index contributed by atoms with van der Waals surface area (Å²) in [5.74, 6) is -1.60. The lowest BCUT2D eigenvalue weighted by molar-refractivity contribution is -0.114. The number of hydrogen-bond acceptors (Lipinski definition) is 5. The van der Waals surface area contributed by atoms with Gasteiger partial charge in [0.25, 0.3) is 0 Å². The van der Waals surface area contributed by atoms with E-state index in [0.717, 1.165) is 6.07 Å². The number of hydrogen-bond donors (Lipinski definition) is 2. The number of rotatable bonds is 8. The monoisotopic (exact) mass is 318 g/mol. The Kier molecular flexibility index (Phi) is 7.06. The maximum absolute atomic E-state index is 12.3. The average molecular weight is 318 g/mol. The molecule has 1 unspecified atom stereocenters. The average Bonchev–Trinajstić information content (AvgIpc) is 2.44. The minimum atomic E-state index is -0.737.